The number of morpholine rings is 1. The highest BCUT2D eigenvalue weighted by molar-refractivity contribution is 5.93. The molecule has 1 atom stereocenters. The van der Waals surface area contributed by atoms with Crippen LogP contribution >= 0.6 is 0 Å². The van der Waals surface area contributed by atoms with Gasteiger partial charge in [0, 0.05) is 37.9 Å². The van der Waals surface area contributed by atoms with Crippen molar-refractivity contribution < 1.29 is 18.7 Å². The maximum atomic E-state index is 14.8. The van der Waals surface area contributed by atoms with Crippen LogP contribution in [0.25, 0.3) is 0 Å². The van der Waals surface area contributed by atoms with Gasteiger partial charge in [0.15, 0.2) is 0 Å². The topological polar surface area (TPSA) is 62.8 Å². The summed E-state index contributed by atoms with van der Waals surface area (Å²) in [5.74, 6) is 0.602. The average Bonchev–Trinajstić information content (AvgIpc) is 2.79. The van der Waals surface area contributed by atoms with Crippen molar-refractivity contribution in [3.8, 4) is 0 Å². The molecule has 0 radical (unpaired) electrons. The van der Waals surface area contributed by atoms with E-state index in [4.69, 9.17) is 9.47 Å². The molecule has 0 bridgehead atoms. The van der Waals surface area contributed by atoms with Gasteiger partial charge in [-0.15, -0.1) is 0 Å². The molecule has 2 N–H and O–H groups in total. The first-order chi connectivity index (χ1) is 14.7. The lowest BCUT2D eigenvalue weighted by molar-refractivity contribution is -0.123. The summed E-state index contributed by atoms with van der Waals surface area (Å²) < 4.78 is 25.6. The van der Waals surface area contributed by atoms with Crippen LogP contribution < -0.4 is 15.5 Å². The summed E-state index contributed by atoms with van der Waals surface area (Å²) in [4.78, 5) is 15.3. The standard InChI is InChI=1S/C23H34FN3O3/c24-21-16-19(1-2-22(21)27-9-13-30-14-10-27)26-23(28)20(18-5-11-29-12-6-18)15-17-3-7-25-8-4-17/h1-2,16-18,20,25H,3-15H2,(H,26,28). The molecule has 0 spiro atoms. The fraction of sp³-hybridized carbons (Fsp3) is 0.696. The van der Waals surface area contributed by atoms with Crippen molar-refractivity contribution in [3.63, 3.8) is 0 Å². The van der Waals surface area contributed by atoms with Gasteiger partial charge >= 0.3 is 0 Å². The number of carbonyl (C=O) groups excluding carboxylic acids is 1. The molecule has 4 rings (SSSR count). The van der Waals surface area contributed by atoms with Crippen molar-refractivity contribution in [3.05, 3.63) is 24.0 Å². The predicted octanol–water partition coefficient (Wildman–Crippen LogP) is 3.03. The number of rotatable bonds is 6. The highest BCUT2D eigenvalue weighted by Gasteiger charge is 2.32. The zero-order chi connectivity index (χ0) is 20.8. The zero-order valence-corrected chi connectivity index (χ0v) is 17.7. The number of hydrogen-bond donors (Lipinski definition) is 2. The third-order valence-electron chi connectivity index (χ3n) is 6.78. The number of anilines is 2. The molecule has 3 saturated heterocycles. The van der Waals surface area contributed by atoms with Crippen molar-refractivity contribution in [2.45, 2.75) is 32.1 Å². The third-order valence-corrected chi connectivity index (χ3v) is 6.78. The van der Waals surface area contributed by atoms with Crippen LogP contribution in [0.15, 0.2) is 18.2 Å². The van der Waals surface area contributed by atoms with Gasteiger partial charge in [-0.3, -0.25) is 4.79 Å². The molecular weight excluding hydrogens is 385 g/mol. The average molecular weight is 420 g/mol. The normalized spacial score (nSPS) is 22.6. The number of nitrogens with one attached hydrogen (secondary N) is 2. The van der Waals surface area contributed by atoms with Crippen LogP contribution in [0, 0.1) is 23.6 Å². The molecule has 7 heteroatoms. The number of nitrogens with zero attached hydrogens (tertiary/aromatic N) is 1. The van der Waals surface area contributed by atoms with E-state index in [1.807, 2.05) is 11.0 Å². The van der Waals surface area contributed by atoms with E-state index in [0.717, 1.165) is 58.4 Å². The van der Waals surface area contributed by atoms with Crippen molar-refractivity contribution in [1.29, 1.82) is 0 Å². The molecule has 6 nitrogen and oxygen atoms in total. The van der Waals surface area contributed by atoms with Crippen molar-refractivity contribution in [2.24, 2.45) is 17.8 Å². The van der Waals surface area contributed by atoms with Crippen LogP contribution in [-0.2, 0) is 14.3 Å². The molecule has 3 aliphatic heterocycles. The first-order valence-electron chi connectivity index (χ1n) is 11.4. The van der Waals surface area contributed by atoms with E-state index in [1.54, 1.807) is 6.07 Å². The first kappa shape index (κ1) is 21.5. The summed E-state index contributed by atoms with van der Waals surface area (Å²) in [7, 11) is 0. The van der Waals surface area contributed by atoms with Gasteiger partial charge in [0.2, 0.25) is 5.91 Å². The fourth-order valence-corrected chi connectivity index (χ4v) is 4.99. The number of amides is 1. The smallest absolute Gasteiger partial charge is 0.227 e. The molecule has 1 aromatic rings. The van der Waals surface area contributed by atoms with Gasteiger partial charge in [-0.25, -0.2) is 4.39 Å². The summed E-state index contributed by atoms with van der Waals surface area (Å²) in [6, 6.07) is 5.04. The number of halogens is 1. The largest absolute Gasteiger partial charge is 0.381 e. The summed E-state index contributed by atoms with van der Waals surface area (Å²) in [5.41, 5.74) is 1.11. The van der Waals surface area contributed by atoms with E-state index in [0.29, 0.717) is 49.5 Å². The predicted molar refractivity (Wildman–Crippen MR) is 115 cm³/mol. The summed E-state index contributed by atoms with van der Waals surface area (Å²) in [6.45, 7) is 6.10. The molecular formula is C23H34FN3O3. The molecule has 1 aromatic carbocycles. The van der Waals surface area contributed by atoms with Crippen LogP contribution in [0.5, 0.6) is 0 Å². The second-order valence-electron chi connectivity index (χ2n) is 8.74. The molecule has 1 unspecified atom stereocenters. The minimum absolute atomic E-state index is 0.0268. The molecule has 3 heterocycles. The van der Waals surface area contributed by atoms with E-state index in [1.165, 1.54) is 6.07 Å². The number of hydrogen-bond acceptors (Lipinski definition) is 5. The molecule has 0 aliphatic carbocycles. The summed E-state index contributed by atoms with van der Waals surface area (Å²) in [5, 5.41) is 6.42. The van der Waals surface area contributed by atoms with E-state index < -0.39 is 0 Å². The van der Waals surface area contributed by atoms with Crippen LogP contribution in [0.1, 0.15) is 32.1 Å². The number of carbonyl (C=O) groups is 1. The first-order valence-corrected chi connectivity index (χ1v) is 11.4. The zero-order valence-electron chi connectivity index (χ0n) is 17.7. The van der Waals surface area contributed by atoms with Gasteiger partial charge in [0.25, 0.3) is 0 Å². The van der Waals surface area contributed by atoms with Crippen molar-refractivity contribution in [1.82, 2.24) is 5.32 Å². The Bertz CT molecular complexity index is 699. The van der Waals surface area contributed by atoms with Gasteiger partial charge in [-0.05, 0) is 75.2 Å². The van der Waals surface area contributed by atoms with Gasteiger partial charge in [-0.2, -0.15) is 0 Å². The Morgan fingerprint density at radius 1 is 1.10 bits per heavy atom. The maximum Gasteiger partial charge on any atom is 0.227 e. The number of piperidine rings is 1. The SMILES string of the molecule is O=C(Nc1ccc(N2CCOCC2)c(F)c1)C(CC1CCNCC1)C1CCOCC1. The van der Waals surface area contributed by atoms with Crippen molar-refractivity contribution in [2.75, 3.05) is 62.8 Å². The molecule has 30 heavy (non-hydrogen) atoms. The van der Waals surface area contributed by atoms with Gasteiger partial charge in [0.1, 0.15) is 5.82 Å². The highest BCUT2D eigenvalue weighted by atomic mass is 19.1. The Morgan fingerprint density at radius 2 is 1.80 bits per heavy atom. The Hall–Kier alpha value is -1.70. The van der Waals surface area contributed by atoms with Crippen molar-refractivity contribution >= 4 is 17.3 Å². The van der Waals surface area contributed by atoms with Gasteiger partial charge < -0.3 is 25.0 Å². The Kier molecular flexibility index (Phi) is 7.57. The third kappa shape index (κ3) is 5.50. The van der Waals surface area contributed by atoms with Gasteiger partial charge in [0.05, 0.1) is 18.9 Å². The lowest BCUT2D eigenvalue weighted by atomic mass is 9.77. The summed E-state index contributed by atoms with van der Waals surface area (Å²) >= 11 is 0. The molecule has 1 amide bonds. The van der Waals surface area contributed by atoms with Crippen LogP contribution in [0.2, 0.25) is 0 Å². The molecule has 3 fully saturated rings. The van der Waals surface area contributed by atoms with Crippen LogP contribution in [0.4, 0.5) is 15.8 Å². The fourth-order valence-electron chi connectivity index (χ4n) is 4.99. The van der Waals surface area contributed by atoms with Gasteiger partial charge in [-0.1, -0.05) is 0 Å². The minimum Gasteiger partial charge on any atom is -0.381 e. The quantitative estimate of drug-likeness (QED) is 0.742. The number of benzene rings is 1. The molecule has 0 aromatic heterocycles. The van der Waals surface area contributed by atoms with Crippen LogP contribution in [-0.4, -0.2) is 58.5 Å². The van der Waals surface area contributed by atoms with Crippen LogP contribution in [0.3, 0.4) is 0 Å². The highest BCUT2D eigenvalue weighted by Crippen LogP contribution is 2.33. The second-order valence-corrected chi connectivity index (χ2v) is 8.74. The Labute approximate surface area is 178 Å². The Balaban J connectivity index is 1.43. The second kappa shape index (κ2) is 10.6. The Morgan fingerprint density at radius 3 is 2.50 bits per heavy atom. The lowest BCUT2D eigenvalue weighted by Crippen LogP contribution is -2.37. The molecule has 166 valence electrons. The number of ether oxygens (including phenoxy) is 2. The minimum atomic E-state index is -0.296. The monoisotopic (exact) mass is 419 g/mol. The molecule has 0 saturated carbocycles. The van der Waals surface area contributed by atoms with E-state index in [9.17, 15) is 9.18 Å². The molecule has 3 aliphatic rings. The lowest BCUT2D eigenvalue weighted by Gasteiger charge is -2.33. The summed E-state index contributed by atoms with van der Waals surface area (Å²) in [6.07, 6.45) is 5.00. The maximum absolute atomic E-state index is 14.8. The van der Waals surface area contributed by atoms with E-state index >= 15 is 0 Å². The van der Waals surface area contributed by atoms with E-state index in [-0.39, 0.29) is 17.6 Å². The van der Waals surface area contributed by atoms with E-state index in [2.05, 4.69) is 10.6 Å².